The van der Waals surface area contributed by atoms with Crippen LogP contribution in [0.3, 0.4) is 0 Å². The van der Waals surface area contributed by atoms with Crippen LogP contribution in [0.4, 0.5) is 68.2 Å². The molecule has 23 nitrogen and oxygen atoms in total. The second-order valence-electron chi connectivity index (χ2n) is 13.7. The molecule has 0 atom stereocenters. The lowest BCUT2D eigenvalue weighted by Gasteiger charge is -2.14. The maximum absolute atomic E-state index is 12.5. The maximum Gasteiger partial charge on any atom is 0.296 e. The van der Waals surface area contributed by atoms with Crippen molar-refractivity contribution in [1.29, 1.82) is 0 Å². The van der Waals surface area contributed by atoms with Gasteiger partial charge >= 0.3 is 0 Å². The van der Waals surface area contributed by atoms with Gasteiger partial charge in [-0.05, 0) is 96.4 Å². The van der Waals surface area contributed by atoms with Gasteiger partial charge in [-0.2, -0.15) is 40.6 Å². The number of para-hydroxylation sites is 1. The fourth-order valence-electron chi connectivity index (χ4n) is 6.10. The van der Waals surface area contributed by atoms with Gasteiger partial charge in [0.1, 0.15) is 37.5 Å². The molecular weight excluding hydrogens is 925 g/mol. The van der Waals surface area contributed by atoms with Crippen LogP contribution < -0.4 is 16.4 Å². The molecule has 26 heteroatoms. The number of phenolic OH excluding ortho intramolecular Hbond substituents is 2. The van der Waals surface area contributed by atoms with E-state index in [4.69, 9.17) is 5.73 Å². The number of azo groups is 3. The minimum Gasteiger partial charge on any atom is -0.506 e. The molecule has 0 aromatic heterocycles. The summed E-state index contributed by atoms with van der Waals surface area (Å²) in [6, 6.07) is 29.1. The number of nitro groups is 1. The van der Waals surface area contributed by atoms with Crippen molar-refractivity contribution in [1.82, 2.24) is 0 Å². The van der Waals surface area contributed by atoms with Crippen LogP contribution in [0.25, 0.3) is 10.8 Å². The third-order valence-corrected chi connectivity index (χ3v) is 11.8. The average molecular weight is 955 g/mol. The molecule has 7 rings (SSSR count). The molecule has 0 aliphatic heterocycles. The van der Waals surface area contributed by atoms with E-state index in [0.29, 0.717) is 29.2 Å². The van der Waals surface area contributed by atoms with Gasteiger partial charge in [0.25, 0.3) is 36.0 Å². The van der Waals surface area contributed by atoms with E-state index < -0.39 is 83.5 Å². The van der Waals surface area contributed by atoms with Crippen LogP contribution in [-0.2, 0) is 30.4 Å². The van der Waals surface area contributed by atoms with Crippen LogP contribution in [0.15, 0.2) is 173 Å². The summed E-state index contributed by atoms with van der Waals surface area (Å²) >= 11 is 0. The fourth-order valence-corrected chi connectivity index (χ4v) is 8.10. The minimum absolute atomic E-state index is 0.0402. The highest BCUT2D eigenvalue weighted by molar-refractivity contribution is 7.86. The number of nitrogens with one attached hydrogen (secondary N) is 2. The number of nitrogen functional groups attached to an aromatic ring is 1. The largest absolute Gasteiger partial charge is 0.506 e. The van der Waals surface area contributed by atoms with Crippen molar-refractivity contribution < 1.29 is 54.0 Å². The van der Waals surface area contributed by atoms with Crippen LogP contribution in [0.1, 0.15) is 0 Å². The summed E-state index contributed by atoms with van der Waals surface area (Å²) in [7, 11) is -15.5. The van der Waals surface area contributed by atoms with E-state index in [9.17, 15) is 59.2 Å². The Hall–Kier alpha value is -8.27. The van der Waals surface area contributed by atoms with Crippen molar-refractivity contribution >= 4 is 109 Å². The van der Waals surface area contributed by atoms with Gasteiger partial charge < -0.3 is 26.6 Å². The third kappa shape index (κ3) is 10.4. The molecule has 0 aliphatic rings. The Bertz CT molecular complexity index is 3510. The number of fused-ring (bicyclic) bond motifs is 1. The van der Waals surface area contributed by atoms with Gasteiger partial charge in [0, 0.05) is 35.3 Å². The molecule has 0 amide bonds. The molecule has 0 saturated carbocycles. The number of benzene rings is 7. The van der Waals surface area contributed by atoms with Gasteiger partial charge in [-0.15, -0.1) is 15.3 Å². The zero-order valence-electron chi connectivity index (χ0n) is 33.1. The van der Waals surface area contributed by atoms with Crippen molar-refractivity contribution in [2.45, 2.75) is 14.7 Å². The highest BCUT2D eigenvalue weighted by Gasteiger charge is 2.28. The molecule has 336 valence electrons. The predicted octanol–water partition coefficient (Wildman–Crippen LogP) is 10.2. The number of nitrogens with two attached hydrogens (primary N) is 1. The number of non-ortho nitro benzene ring substituents is 1. The molecule has 0 radical (unpaired) electrons. The Balaban J connectivity index is 1.17. The molecule has 0 fully saturated rings. The van der Waals surface area contributed by atoms with Crippen molar-refractivity contribution in [3.63, 3.8) is 0 Å². The lowest BCUT2D eigenvalue weighted by Crippen LogP contribution is -2.04. The Labute approximate surface area is 372 Å². The summed E-state index contributed by atoms with van der Waals surface area (Å²) in [6.07, 6.45) is 0. The van der Waals surface area contributed by atoms with Gasteiger partial charge in [0.05, 0.1) is 38.7 Å². The van der Waals surface area contributed by atoms with E-state index in [0.717, 1.165) is 36.0 Å². The van der Waals surface area contributed by atoms with Gasteiger partial charge in [-0.25, -0.2) is 0 Å². The van der Waals surface area contributed by atoms with Crippen LogP contribution >= 0.6 is 0 Å². The topological polar surface area (TPSA) is 371 Å². The molecule has 9 N–H and O–H groups in total. The first-order valence-electron chi connectivity index (χ1n) is 18.4. The molecule has 0 unspecified atom stereocenters. The molecular formula is C40H30N10O13S3. The molecule has 7 aromatic carbocycles. The summed E-state index contributed by atoms with van der Waals surface area (Å²) in [5.74, 6) is -1.25. The Morgan fingerprint density at radius 2 is 1.05 bits per heavy atom. The van der Waals surface area contributed by atoms with Gasteiger partial charge in [-0.3, -0.25) is 23.8 Å². The minimum atomic E-state index is -5.31. The lowest BCUT2D eigenvalue weighted by molar-refractivity contribution is -0.384. The first-order chi connectivity index (χ1) is 31.2. The molecule has 0 saturated heterocycles. The Morgan fingerprint density at radius 1 is 0.530 bits per heavy atom. The quantitative estimate of drug-likeness (QED) is 0.0165. The summed E-state index contributed by atoms with van der Waals surface area (Å²) in [6.45, 7) is 0. The Morgan fingerprint density at radius 3 is 1.64 bits per heavy atom. The monoisotopic (exact) mass is 954 g/mol. The predicted molar refractivity (Wildman–Crippen MR) is 239 cm³/mol. The molecule has 0 spiro atoms. The first-order valence-corrected chi connectivity index (χ1v) is 22.7. The molecule has 66 heavy (non-hydrogen) atoms. The summed E-state index contributed by atoms with van der Waals surface area (Å²) in [5, 5.41) is 61.2. The zero-order valence-corrected chi connectivity index (χ0v) is 35.5. The SMILES string of the molecule is Nc1c(N=Nc2ccc([N+](=O)[O-])cc2)c(S(=O)(=O)O)cc2cc(S(=O)(=O)O)c(N=Nc3ccc(Nc4ccc(N=Nc5ccc(Nc6ccccc6)cc5O)cc4)c(S(=O)(=O)O)c3)c(O)c12. The third-order valence-electron chi connectivity index (χ3n) is 9.16. The normalized spacial score (nSPS) is 12.3. The molecule has 0 bridgehead atoms. The van der Waals surface area contributed by atoms with E-state index in [2.05, 4.69) is 41.3 Å². The van der Waals surface area contributed by atoms with Crippen molar-refractivity contribution in [2.75, 3.05) is 16.4 Å². The zero-order chi connectivity index (χ0) is 47.6. The molecule has 0 aliphatic carbocycles. The number of phenols is 2. The smallest absolute Gasteiger partial charge is 0.296 e. The number of rotatable bonds is 14. The van der Waals surface area contributed by atoms with E-state index in [1.165, 1.54) is 42.5 Å². The first kappa shape index (κ1) is 45.7. The van der Waals surface area contributed by atoms with E-state index in [1.54, 1.807) is 12.1 Å². The summed E-state index contributed by atoms with van der Waals surface area (Å²) in [5.41, 5.74) is 5.21. The van der Waals surface area contributed by atoms with E-state index in [-0.39, 0.29) is 34.2 Å². The Kier molecular flexibility index (Phi) is 12.5. The van der Waals surface area contributed by atoms with Gasteiger partial charge in [0.15, 0.2) is 5.75 Å². The van der Waals surface area contributed by atoms with Crippen molar-refractivity contribution in [3.05, 3.63) is 138 Å². The lowest BCUT2D eigenvalue weighted by atomic mass is 10.1. The fraction of sp³-hybridized carbons (Fsp3) is 0. The van der Waals surface area contributed by atoms with Gasteiger partial charge in [-0.1, -0.05) is 18.2 Å². The highest BCUT2D eigenvalue weighted by atomic mass is 32.2. The van der Waals surface area contributed by atoms with E-state index in [1.807, 2.05) is 30.3 Å². The second-order valence-corrected chi connectivity index (χ2v) is 17.8. The summed E-state index contributed by atoms with van der Waals surface area (Å²) < 4.78 is 105. The van der Waals surface area contributed by atoms with Crippen LogP contribution in [0.2, 0.25) is 0 Å². The number of nitrogens with zero attached hydrogens (tertiary/aromatic N) is 7. The maximum atomic E-state index is 12.5. The number of anilines is 5. The van der Waals surface area contributed by atoms with Crippen LogP contribution in [0, 0.1) is 10.1 Å². The number of aromatic hydroxyl groups is 2. The number of nitro benzene ring substituents is 1. The van der Waals surface area contributed by atoms with Crippen LogP contribution in [-0.4, -0.2) is 54.0 Å². The summed E-state index contributed by atoms with van der Waals surface area (Å²) in [4.78, 5) is 7.44. The standard InChI is InChI=1S/C40H30N10O13S3/c41-37-36-22(18-34(65(58,59)60)38(37)48-45-26-10-14-29(15-11-26)50(53)54)19-35(66(61,62)63)39(40(36)52)49-46-28-13-17-31(33(21-28)64(55,56)57)43-24-6-8-25(9-7-24)44-47-30-16-12-27(20-32(30)51)42-23-4-2-1-3-5-23/h1-21,42-43,51-52H,41H2,(H,55,56,57)(H,58,59,60)(H,61,62,63). The number of hydrogen-bond acceptors (Lipinski definition) is 19. The average Bonchev–Trinajstić information content (AvgIpc) is 3.25. The second kappa shape index (κ2) is 18.1. The van der Waals surface area contributed by atoms with E-state index >= 15 is 0 Å². The molecule has 0 heterocycles. The highest BCUT2D eigenvalue weighted by Crippen LogP contribution is 2.48. The van der Waals surface area contributed by atoms with Gasteiger partial charge in [0.2, 0.25) is 0 Å². The van der Waals surface area contributed by atoms with Crippen molar-refractivity contribution in [3.8, 4) is 11.5 Å². The number of hydrogen-bond donors (Lipinski definition) is 8. The van der Waals surface area contributed by atoms with Crippen LogP contribution in [0.5, 0.6) is 11.5 Å². The molecule has 7 aromatic rings. The van der Waals surface area contributed by atoms with Crippen molar-refractivity contribution in [2.24, 2.45) is 30.7 Å².